The van der Waals surface area contributed by atoms with Gasteiger partial charge in [-0.15, -0.1) is 0 Å². The molecular weight excluding hydrogens is 314 g/mol. The molecule has 0 heterocycles. The van der Waals surface area contributed by atoms with Crippen molar-refractivity contribution < 1.29 is 18.3 Å². The average molecular weight is 334 g/mol. The van der Waals surface area contributed by atoms with E-state index in [-0.39, 0.29) is 11.7 Å². The number of alkyl halides is 2. The van der Waals surface area contributed by atoms with Gasteiger partial charge in [0.2, 0.25) is 0 Å². The maximum absolute atomic E-state index is 12.4. The number of ether oxygens (including phenoxy) is 1. The van der Waals surface area contributed by atoms with Gasteiger partial charge in [0.15, 0.2) is 0 Å². The molecule has 0 saturated heterocycles. The van der Waals surface area contributed by atoms with Crippen LogP contribution in [-0.2, 0) is 6.42 Å². The molecule has 0 atom stereocenters. The molecule has 4 nitrogen and oxygen atoms in total. The number of carbonyl (C=O) groups excluding carboxylic acids is 1. The molecule has 0 saturated carbocycles. The van der Waals surface area contributed by atoms with Crippen LogP contribution in [0.1, 0.15) is 27.0 Å². The fourth-order valence-electron chi connectivity index (χ4n) is 2.46. The molecule has 6 heteroatoms. The van der Waals surface area contributed by atoms with Crippen molar-refractivity contribution in [1.82, 2.24) is 5.32 Å². The van der Waals surface area contributed by atoms with Crippen LogP contribution in [0, 0.1) is 13.8 Å². The number of nitrogens with two attached hydrogens (primary N) is 1. The highest BCUT2D eigenvalue weighted by Gasteiger charge is 2.14. The Kier molecular flexibility index (Phi) is 5.73. The minimum atomic E-state index is -2.89. The zero-order valence-electron chi connectivity index (χ0n) is 13.6. The number of halogens is 2. The van der Waals surface area contributed by atoms with Crippen molar-refractivity contribution in [2.75, 3.05) is 12.3 Å². The Labute approximate surface area is 139 Å². The van der Waals surface area contributed by atoms with E-state index in [0.717, 1.165) is 5.56 Å². The highest BCUT2D eigenvalue weighted by Crippen LogP contribution is 2.26. The highest BCUT2D eigenvalue weighted by atomic mass is 19.3. The Hall–Kier alpha value is -2.63. The van der Waals surface area contributed by atoms with Crippen LogP contribution in [0.15, 0.2) is 36.4 Å². The molecule has 2 rings (SSSR count). The van der Waals surface area contributed by atoms with Gasteiger partial charge < -0.3 is 15.8 Å². The van der Waals surface area contributed by atoms with E-state index < -0.39 is 6.61 Å². The minimum absolute atomic E-state index is 0.114. The van der Waals surface area contributed by atoms with Gasteiger partial charge in [-0.2, -0.15) is 8.78 Å². The Balaban J connectivity index is 1.98. The number of amides is 1. The smallest absolute Gasteiger partial charge is 0.387 e. The lowest BCUT2D eigenvalue weighted by Crippen LogP contribution is -2.26. The zero-order valence-corrected chi connectivity index (χ0v) is 13.6. The van der Waals surface area contributed by atoms with Crippen molar-refractivity contribution in [1.29, 1.82) is 0 Å². The first-order valence-corrected chi connectivity index (χ1v) is 7.55. The van der Waals surface area contributed by atoms with Crippen LogP contribution < -0.4 is 15.8 Å². The maximum Gasteiger partial charge on any atom is 0.387 e. The molecule has 0 radical (unpaired) electrons. The van der Waals surface area contributed by atoms with Crippen molar-refractivity contribution in [2.24, 2.45) is 0 Å². The summed E-state index contributed by atoms with van der Waals surface area (Å²) in [5, 5.41) is 2.82. The van der Waals surface area contributed by atoms with Gasteiger partial charge in [0.1, 0.15) is 5.75 Å². The SMILES string of the molecule is Cc1cc(C(=O)NCCc2ccc(N)cc2)cc(C)c1OC(F)F. The highest BCUT2D eigenvalue weighted by molar-refractivity contribution is 5.94. The van der Waals surface area contributed by atoms with E-state index >= 15 is 0 Å². The lowest BCUT2D eigenvalue weighted by molar-refractivity contribution is -0.0507. The Bertz CT molecular complexity index is 692. The van der Waals surface area contributed by atoms with E-state index in [2.05, 4.69) is 10.1 Å². The molecule has 0 aromatic heterocycles. The predicted octanol–water partition coefficient (Wildman–Crippen LogP) is 3.46. The van der Waals surface area contributed by atoms with Crippen LogP contribution in [0.2, 0.25) is 0 Å². The van der Waals surface area contributed by atoms with Crippen molar-refractivity contribution in [3.63, 3.8) is 0 Å². The van der Waals surface area contributed by atoms with Gasteiger partial charge in [0.05, 0.1) is 0 Å². The molecule has 1 amide bonds. The molecular formula is C18H20F2N2O2. The second kappa shape index (κ2) is 7.77. The number of nitrogen functional groups attached to an aromatic ring is 1. The van der Waals surface area contributed by atoms with Crippen LogP contribution in [0.4, 0.5) is 14.5 Å². The fourth-order valence-corrected chi connectivity index (χ4v) is 2.46. The van der Waals surface area contributed by atoms with Crippen LogP contribution in [0.25, 0.3) is 0 Å². The first-order valence-electron chi connectivity index (χ1n) is 7.55. The second-order valence-electron chi connectivity index (χ2n) is 5.57. The molecule has 0 aliphatic carbocycles. The summed E-state index contributed by atoms with van der Waals surface area (Å²) in [4.78, 5) is 12.2. The normalized spacial score (nSPS) is 10.7. The molecule has 2 aromatic rings. The molecule has 0 spiro atoms. The van der Waals surface area contributed by atoms with Gasteiger partial charge in [0, 0.05) is 17.8 Å². The van der Waals surface area contributed by atoms with Crippen molar-refractivity contribution >= 4 is 11.6 Å². The first kappa shape index (κ1) is 17.7. The van der Waals surface area contributed by atoms with E-state index in [1.165, 1.54) is 0 Å². The zero-order chi connectivity index (χ0) is 17.7. The summed E-state index contributed by atoms with van der Waals surface area (Å²) in [7, 11) is 0. The van der Waals surface area contributed by atoms with Gasteiger partial charge in [-0.25, -0.2) is 0 Å². The number of benzene rings is 2. The molecule has 3 N–H and O–H groups in total. The molecule has 24 heavy (non-hydrogen) atoms. The number of anilines is 1. The van der Waals surface area contributed by atoms with E-state index in [4.69, 9.17) is 5.73 Å². The quantitative estimate of drug-likeness (QED) is 0.795. The number of carbonyl (C=O) groups is 1. The summed E-state index contributed by atoms with van der Waals surface area (Å²) < 4.78 is 29.2. The van der Waals surface area contributed by atoms with Gasteiger partial charge in [-0.3, -0.25) is 4.79 Å². The van der Waals surface area contributed by atoms with Crippen molar-refractivity contribution in [3.05, 3.63) is 58.7 Å². The molecule has 0 aliphatic heterocycles. The maximum atomic E-state index is 12.4. The van der Waals surface area contributed by atoms with Crippen LogP contribution in [0.5, 0.6) is 5.75 Å². The topological polar surface area (TPSA) is 64.4 Å². The third kappa shape index (κ3) is 4.68. The molecule has 128 valence electrons. The number of aryl methyl sites for hydroxylation is 2. The molecule has 0 aliphatic rings. The number of hydrogen-bond donors (Lipinski definition) is 2. The van der Waals surface area contributed by atoms with E-state index in [1.54, 1.807) is 26.0 Å². The van der Waals surface area contributed by atoms with Crippen LogP contribution in [-0.4, -0.2) is 19.1 Å². The van der Waals surface area contributed by atoms with E-state index in [0.29, 0.717) is 35.3 Å². The lowest BCUT2D eigenvalue weighted by atomic mass is 10.0. The van der Waals surface area contributed by atoms with E-state index in [1.807, 2.05) is 24.3 Å². The van der Waals surface area contributed by atoms with E-state index in [9.17, 15) is 13.6 Å². The molecule has 0 bridgehead atoms. The molecule has 0 fully saturated rings. The average Bonchev–Trinajstić information content (AvgIpc) is 2.52. The van der Waals surface area contributed by atoms with Gasteiger partial charge in [0.25, 0.3) is 5.91 Å². The number of rotatable bonds is 6. The summed E-state index contributed by atoms with van der Waals surface area (Å²) >= 11 is 0. The van der Waals surface area contributed by atoms with Gasteiger partial charge in [-0.1, -0.05) is 12.1 Å². The second-order valence-corrected chi connectivity index (χ2v) is 5.57. The lowest BCUT2D eigenvalue weighted by Gasteiger charge is -2.13. The standard InChI is InChI=1S/C18H20F2N2O2/c1-11-9-14(10-12(2)16(11)24-18(19)20)17(23)22-8-7-13-3-5-15(21)6-4-13/h3-6,9-10,18H,7-8,21H2,1-2H3,(H,22,23). The van der Waals surface area contributed by atoms with Crippen molar-refractivity contribution in [3.8, 4) is 5.75 Å². The molecule has 2 aromatic carbocycles. The Morgan fingerprint density at radius 2 is 1.75 bits per heavy atom. The Morgan fingerprint density at radius 3 is 2.29 bits per heavy atom. The summed E-state index contributed by atoms with van der Waals surface area (Å²) in [6, 6.07) is 10.5. The monoisotopic (exact) mass is 334 g/mol. The van der Waals surface area contributed by atoms with Crippen LogP contribution >= 0.6 is 0 Å². The summed E-state index contributed by atoms with van der Waals surface area (Å²) in [6.45, 7) is 0.851. The summed E-state index contributed by atoms with van der Waals surface area (Å²) in [6.07, 6.45) is 0.677. The molecule has 0 unspecified atom stereocenters. The summed E-state index contributed by atoms with van der Waals surface area (Å²) in [5.74, 6) is -0.135. The minimum Gasteiger partial charge on any atom is -0.434 e. The number of nitrogens with one attached hydrogen (secondary N) is 1. The summed E-state index contributed by atoms with van der Waals surface area (Å²) in [5.41, 5.74) is 8.80. The first-order chi connectivity index (χ1) is 11.4. The van der Waals surface area contributed by atoms with Gasteiger partial charge in [-0.05, 0) is 61.2 Å². The Morgan fingerprint density at radius 1 is 1.17 bits per heavy atom. The third-order valence-corrected chi connectivity index (χ3v) is 3.61. The third-order valence-electron chi connectivity index (χ3n) is 3.61. The largest absolute Gasteiger partial charge is 0.434 e. The van der Waals surface area contributed by atoms with Gasteiger partial charge >= 0.3 is 6.61 Å². The number of hydrogen-bond acceptors (Lipinski definition) is 3. The van der Waals surface area contributed by atoms with Crippen molar-refractivity contribution in [2.45, 2.75) is 26.9 Å². The predicted molar refractivity (Wildman–Crippen MR) is 89.4 cm³/mol. The fraction of sp³-hybridized carbons (Fsp3) is 0.278. The van der Waals surface area contributed by atoms with Crippen LogP contribution in [0.3, 0.4) is 0 Å².